The van der Waals surface area contributed by atoms with Crippen molar-refractivity contribution in [1.29, 1.82) is 0 Å². The lowest BCUT2D eigenvalue weighted by Crippen LogP contribution is -2.44. The van der Waals surface area contributed by atoms with Crippen LogP contribution in [0.3, 0.4) is 0 Å². The molecule has 1 aromatic heterocycles. The van der Waals surface area contributed by atoms with Crippen LogP contribution in [0.25, 0.3) is 0 Å². The van der Waals surface area contributed by atoms with Gasteiger partial charge in [0.2, 0.25) is 11.9 Å². The molecule has 1 aromatic rings. The summed E-state index contributed by atoms with van der Waals surface area (Å²) in [4.78, 5) is 22.4. The van der Waals surface area contributed by atoms with Gasteiger partial charge in [-0.25, -0.2) is 9.97 Å². The summed E-state index contributed by atoms with van der Waals surface area (Å²) in [6.07, 6.45) is 6.28. The van der Waals surface area contributed by atoms with Crippen LogP contribution in [0.4, 0.5) is 5.95 Å². The molecule has 2 rings (SSSR count). The summed E-state index contributed by atoms with van der Waals surface area (Å²) in [6.45, 7) is 3.64. The number of carbonyl (C=O) groups is 1. The minimum absolute atomic E-state index is 0.0943. The molecule has 1 unspecified atom stereocenters. The van der Waals surface area contributed by atoms with Crippen molar-refractivity contribution in [2.45, 2.75) is 32.2 Å². The van der Waals surface area contributed by atoms with Crippen molar-refractivity contribution in [3.8, 4) is 0 Å². The summed E-state index contributed by atoms with van der Waals surface area (Å²) in [7, 11) is 0. The van der Waals surface area contributed by atoms with Gasteiger partial charge in [-0.3, -0.25) is 4.79 Å². The summed E-state index contributed by atoms with van der Waals surface area (Å²) in [5.74, 6) is 0.749. The van der Waals surface area contributed by atoms with Crippen LogP contribution in [0.15, 0.2) is 18.5 Å². The Morgan fingerprint density at radius 1 is 1.53 bits per heavy atom. The predicted molar refractivity (Wildman–Crippen MR) is 65.7 cm³/mol. The highest BCUT2D eigenvalue weighted by Gasteiger charge is 2.31. The first-order valence-electron chi connectivity index (χ1n) is 6.14. The molecule has 0 radical (unpaired) electrons. The SMILES string of the molecule is CCCNC(=O)C1CCCN1c1ncccn1. The van der Waals surface area contributed by atoms with E-state index in [1.165, 1.54) is 0 Å². The Hall–Kier alpha value is -1.65. The molecule has 0 aliphatic carbocycles. The fourth-order valence-electron chi connectivity index (χ4n) is 2.08. The molecule has 0 bridgehead atoms. The third-order valence-corrected chi connectivity index (χ3v) is 2.91. The van der Waals surface area contributed by atoms with Crippen molar-refractivity contribution in [3.63, 3.8) is 0 Å². The van der Waals surface area contributed by atoms with E-state index in [0.717, 1.165) is 32.4 Å². The Morgan fingerprint density at radius 3 is 3.00 bits per heavy atom. The lowest BCUT2D eigenvalue weighted by molar-refractivity contribution is -0.122. The van der Waals surface area contributed by atoms with Crippen molar-refractivity contribution in [2.24, 2.45) is 0 Å². The van der Waals surface area contributed by atoms with Gasteiger partial charge in [0, 0.05) is 25.5 Å². The van der Waals surface area contributed by atoms with Gasteiger partial charge in [-0.05, 0) is 25.3 Å². The average Bonchev–Trinajstić information content (AvgIpc) is 2.86. The highest BCUT2D eigenvalue weighted by Crippen LogP contribution is 2.21. The van der Waals surface area contributed by atoms with Crippen molar-refractivity contribution < 1.29 is 4.79 Å². The van der Waals surface area contributed by atoms with E-state index in [4.69, 9.17) is 0 Å². The van der Waals surface area contributed by atoms with E-state index in [1.807, 2.05) is 11.8 Å². The van der Waals surface area contributed by atoms with Crippen molar-refractivity contribution >= 4 is 11.9 Å². The van der Waals surface area contributed by atoms with E-state index >= 15 is 0 Å². The molecule has 1 atom stereocenters. The van der Waals surface area contributed by atoms with E-state index in [9.17, 15) is 4.79 Å². The van der Waals surface area contributed by atoms with Crippen LogP contribution in [0.5, 0.6) is 0 Å². The second-order valence-electron chi connectivity index (χ2n) is 4.19. The monoisotopic (exact) mass is 234 g/mol. The van der Waals surface area contributed by atoms with E-state index < -0.39 is 0 Å². The maximum Gasteiger partial charge on any atom is 0.242 e. The molecule has 0 spiro atoms. The maximum absolute atomic E-state index is 12.0. The number of anilines is 1. The topological polar surface area (TPSA) is 58.1 Å². The van der Waals surface area contributed by atoms with Crippen molar-refractivity contribution in [2.75, 3.05) is 18.0 Å². The van der Waals surface area contributed by atoms with E-state index in [2.05, 4.69) is 15.3 Å². The normalized spacial score (nSPS) is 19.4. The molecule has 1 N–H and O–H groups in total. The fourth-order valence-corrected chi connectivity index (χ4v) is 2.08. The fraction of sp³-hybridized carbons (Fsp3) is 0.583. The molecule has 92 valence electrons. The van der Waals surface area contributed by atoms with Gasteiger partial charge >= 0.3 is 0 Å². The molecule has 0 aromatic carbocycles. The van der Waals surface area contributed by atoms with Crippen LogP contribution in [0.1, 0.15) is 26.2 Å². The van der Waals surface area contributed by atoms with E-state index in [1.54, 1.807) is 18.5 Å². The molecule has 17 heavy (non-hydrogen) atoms. The van der Waals surface area contributed by atoms with Crippen molar-refractivity contribution in [3.05, 3.63) is 18.5 Å². The van der Waals surface area contributed by atoms with Gasteiger partial charge < -0.3 is 10.2 Å². The van der Waals surface area contributed by atoms with Crippen LogP contribution in [0.2, 0.25) is 0 Å². The van der Waals surface area contributed by atoms with Gasteiger partial charge in [-0.15, -0.1) is 0 Å². The summed E-state index contributed by atoms with van der Waals surface area (Å²) in [5.41, 5.74) is 0. The molecule has 5 heteroatoms. The Labute approximate surface area is 101 Å². The quantitative estimate of drug-likeness (QED) is 0.843. The number of amides is 1. The number of aromatic nitrogens is 2. The van der Waals surface area contributed by atoms with Gasteiger partial charge in [0.25, 0.3) is 0 Å². The molecule has 1 aliphatic rings. The number of nitrogens with zero attached hydrogens (tertiary/aromatic N) is 3. The van der Waals surface area contributed by atoms with Crippen LogP contribution >= 0.6 is 0 Å². The summed E-state index contributed by atoms with van der Waals surface area (Å²) >= 11 is 0. The number of carbonyl (C=O) groups excluding carboxylic acids is 1. The Morgan fingerprint density at radius 2 is 2.29 bits per heavy atom. The lowest BCUT2D eigenvalue weighted by atomic mass is 10.2. The third kappa shape index (κ3) is 2.72. The Kier molecular flexibility index (Phi) is 3.90. The minimum atomic E-state index is -0.107. The first kappa shape index (κ1) is 11.8. The zero-order valence-electron chi connectivity index (χ0n) is 10.1. The number of rotatable bonds is 4. The second kappa shape index (κ2) is 5.61. The zero-order valence-corrected chi connectivity index (χ0v) is 10.1. The van der Waals surface area contributed by atoms with Crippen LogP contribution in [-0.4, -0.2) is 35.0 Å². The van der Waals surface area contributed by atoms with Gasteiger partial charge in [-0.2, -0.15) is 0 Å². The average molecular weight is 234 g/mol. The first-order valence-corrected chi connectivity index (χ1v) is 6.14. The van der Waals surface area contributed by atoms with Gasteiger partial charge in [-0.1, -0.05) is 6.92 Å². The second-order valence-corrected chi connectivity index (χ2v) is 4.19. The largest absolute Gasteiger partial charge is 0.354 e. The maximum atomic E-state index is 12.0. The van der Waals surface area contributed by atoms with Gasteiger partial charge in [0.15, 0.2) is 0 Å². The summed E-state index contributed by atoms with van der Waals surface area (Å²) in [6, 6.07) is 1.68. The van der Waals surface area contributed by atoms with Gasteiger partial charge in [0.05, 0.1) is 0 Å². The molecular weight excluding hydrogens is 216 g/mol. The number of nitrogens with one attached hydrogen (secondary N) is 1. The Bertz CT molecular complexity index is 368. The highest BCUT2D eigenvalue weighted by atomic mass is 16.2. The minimum Gasteiger partial charge on any atom is -0.354 e. The molecular formula is C12H18N4O. The molecule has 5 nitrogen and oxygen atoms in total. The smallest absolute Gasteiger partial charge is 0.242 e. The van der Waals surface area contributed by atoms with Crippen LogP contribution in [0, 0.1) is 0 Å². The van der Waals surface area contributed by atoms with Crippen LogP contribution < -0.4 is 10.2 Å². The molecule has 1 amide bonds. The van der Waals surface area contributed by atoms with Crippen molar-refractivity contribution in [1.82, 2.24) is 15.3 Å². The molecule has 1 fully saturated rings. The molecule has 0 saturated carbocycles. The number of hydrogen-bond donors (Lipinski definition) is 1. The first-order chi connectivity index (χ1) is 8.33. The Balaban J connectivity index is 2.05. The summed E-state index contributed by atoms with van der Waals surface area (Å²) in [5, 5.41) is 2.94. The summed E-state index contributed by atoms with van der Waals surface area (Å²) < 4.78 is 0. The lowest BCUT2D eigenvalue weighted by Gasteiger charge is -2.23. The van der Waals surface area contributed by atoms with E-state index in [-0.39, 0.29) is 11.9 Å². The van der Waals surface area contributed by atoms with E-state index in [0.29, 0.717) is 5.95 Å². The molecule has 2 heterocycles. The van der Waals surface area contributed by atoms with Gasteiger partial charge in [0.1, 0.15) is 6.04 Å². The standard InChI is InChI=1S/C12H18N4O/c1-2-6-13-11(17)10-5-3-9-16(10)12-14-7-4-8-15-12/h4,7-8,10H,2-3,5-6,9H2,1H3,(H,13,17). The van der Waals surface area contributed by atoms with Crippen LogP contribution in [-0.2, 0) is 4.79 Å². The third-order valence-electron chi connectivity index (χ3n) is 2.91. The highest BCUT2D eigenvalue weighted by molar-refractivity contribution is 5.85. The molecule has 1 saturated heterocycles. The predicted octanol–water partition coefficient (Wildman–Crippen LogP) is 0.972. The zero-order chi connectivity index (χ0) is 12.1. The number of hydrogen-bond acceptors (Lipinski definition) is 4. The molecule has 1 aliphatic heterocycles.